The summed E-state index contributed by atoms with van der Waals surface area (Å²) in [5.41, 5.74) is 4.57. The molecule has 1 aliphatic heterocycles. The van der Waals surface area contributed by atoms with Crippen LogP contribution in [0.3, 0.4) is 0 Å². The Morgan fingerprint density at radius 1 is 0.809 bits per heavy atom. The number of halogens is 1. The van der Waals surface area contributed by atoms with Crippen molar-refractivity contribution >= 4 is 23.1 Å². The number of anilines is 1. The van der Waals surface area contributed by atoms with E-state index in [0.717, 1.165) is 35.2 Å². The van der Waals surface area contributed by atoms with Gasteiger partial charge in [0.2, 0.25) is 5.28 Å². The molecule has 10 heteroatoms. The minimum absolute atomic E-state index is 0.149. The van der Waals surface area contributed by atoms with Crippen molar-refractivity contribution in [3.05, 3.63) is 125 Å². The van der Waals surface area contributed by atoms with Gasteiger partial charge >= 0.3 is 0 Å². The van der Waals surface area contributed by atoms with Crippen LogP contribution < -0.4 is 4.90 Å². The highest BCUT2D eigenvalue weighted by molar-refractivity contribution is 6.28. The highest BCUT2D eigenvalue weighted by atomic mass is 35.5. The second kappa shape index (κ2) is 14.9. The van der Waals surface area contributed by atoms with Gasteiger partial charge in [0.15, 0.2) is 11.5 Å². The normalized spacial score (nSPS) is 21.5. The minimum Gasteiger partial charge on any atom is -0.374 e. The smallest absolute Gasteiger partial charge is 0.243 e. The molecule has 1 saturated carbocycles. The van der Waals surface area contributed by atoms with Gasteiger partial charge in [0.1, 0.15) is 24.4 Å². The molecule has 2 aromatic heterocycles. The molecule has 47 heavy (non-hydrogen) atoms. The Bertz CT molecular complexity index is 1720. The van der Waals surface area contributed by atoms with Gasteiger partial charge in [-0.05, 0) is 41.1 Å². The van der Waals surface area contributed by atoms with Gasteiger partial charge in [-0.2, -0.15) is 4.98 Å². The fourth-order valence-corrected chi connectivity index (χ4v) is 6.79. The fraction of sp³-hybridized carbons (Fsp3) is 0.378. The molecule has 0 radical (unpaired) electrons. The van der Waals surface area contributed by atoms with Crippen LogP contribution in [0, 0.1) is 0 Å². The standard InChI is InChI=1S/C37H40ClN5O4/c1-42(29-19-11-12-20-29)36-35-39-21-30(43(35)41-37(38)40-36)32-34(46-24-28-17-9-4-10-18-28)33(45-23-27-15-7-3-8-16-27)31(47-32)25-44-22-26-13-5-2-6-14-26/h2-10,13-18,21,29,31-34H,11-12,19-20,22-25H2,1H3/t31-,32+,33-,34+/m1/s1. The predicted octanol–water partition coefficient (Wildman–Crippen LogP) is 6.98. The van der Waals surface area contributed by atoms with Gasteiger partial charge in [0.25, 0.3) is 0 Å². The highest BCUT2D eigenvalue weighted by Crippen LogP contribution is 2.40. The zero-order valence-corrected chi connectivity index (χ0v) is 27.3. The minimum atomic E-state index is -0.560. The molecule has 7 rings (SSSR count). The number of aromatic nitrogens is 4. The zero-order chi connectivity index (χ0) is 32.0. The molecule has 9 nitrogen and oxygen atoms in total. The number of rotatable bonds is 13. The highest BCUT2D eigenvalue weighted by Gasteiger charge is 2.48. The van der Waals surface area contributed by atoms with Gasteiger partial charge in [0, 0.05) is 13.1 Å². The first-order chi connectivity index (χ1) is 23.1. The number of benzene rings is 3. The van der Waals surface area contributed by atoms with Gasteiger partial charge in [0.05, 0.1) is 38.3 Å². The molecule has 0 bridgehead atoms. The lowest BCUT2D eigenvalue weighted by Crippen LogP contribution is -2.38. The summed E-state index contributed by atoms with van der Waals surface area (Å²) in [6, 6.07) is 30.8. The van der Waals surface area contributed by atoms with Crippen molar-refractivity contribution in [3.63, 3.8) is 0 Å². The summed E-state index contributed by atoms with van der Waals surface area (Å²) < 4.78 is 28.2. The third-order valence-corrected chi connectivity index (χ3v) is 9.28. The van der Waals surface area contributed by atoms with Crippen molar-refractivity contribution in [1.29, 1.82) is 0 Å². The fourth-order valence-electron chi connectivity index (χ4n) is 6.64. The molecule has 1 saturated heterocycles. The first-order valence-electron chi connectivity index (χ1n) is 16.4. The molecule has 0 unspecified atom stereocenters. The predicted molar refractivity (Wildman–Crippen MR) is 180 cm³/mol. The van der Waals surface area contributed by atoms with Crippen LogP contribution in [0.15, 0.2) is 97.2 Å². The molecule has 5 aromatic rings. The largest absolute Gasteiger partial charge is 0.374 e. The molecule has 0 amide bonds. The molecule has 244 valence electrons. The van der Waals surface area contributed by atoms with Crippen LogP contribution in [-0.2, 0) is 38.8 Å². The van der Waals surface area contributed by atoms with Crippen LogP contribution in [-0.4, -0.2) is 57.6 Å². The van der Waals surface area contributed by atoms with Crippen molar-refractivity contribution in [2.24, 2.45) is 0 Å². The SMILES string of the molecule is CN(c1nc(Cl)nn2c([C@@H]3O[C@H](COCc4ccccc4)[C@@H](OCc4ccccc4)[C@H]3OCc3ccccc3)cnc12)C1CCCC1. The van der Waals surface area contributed by atoms with Crippen molar-refractivity contribution in [3.8, 4) is 0 Å². The molecule has 0 spiro atoms. The van der Waals surface area contributed by atoms with Crippen LogP contribution in [0.2, 0.25) is 5.28 Å². The number of ether oxygens (including phenoxy) is 4. The topological polar surface area (TPSA) is 83.2 Å². The van der Waals surface area contributed by atoms with E-state index in [1.165, 1.54) is 12.8 Å². The summed E-state index contributed by atoms with van der Waals surface area (Å²) in [6.07, 6.45) is 4.53. The maximum Gasteiger partial charge on any atom is 0.243 e. The van der Waals surface area contributed by atoms with Crippen LogP contribution in [0.1, 0.15) is 54.2 Å². The Hall–Kier alpha value is -3.86. The van der Waals surface area contributed by atoms with Gasteiger partial charge in [-0.3, -0.25) is 0 Å². The van der Waals surface area contributed by atoms with E-state index in [9.17, 15) is 0 Å². The molecular weight excluding hydrogens is 614 g/mol. The molecule has 3 aromatic carbocycles. The van der Waals surface area contributed by atoms with Gasteiger partial charge in [-0.25, -0.2) is 9.50 Å². The zero-order valence-electron chi connectivity index (χ0n) is 26.5. The molecular formula is C37H40ClN5O4. The quantitative estimate of drug-likeness (QED) is 0.135. The van der Waals surface area contributed by atoms with Crippen molar-refractivity contribution in [1.82, 2.24) is 19.6 Å². The molecule has 1 aliphatic carbocycles. The lowest BCUT2D eigenvalue weighted by Gasteiger charge is -2.26. The second-order valence-corrected chi connectivity index (χ2v) is 12.6. The summed E-state index contributed by atoms with van der Waals surface area (Å²) in [5.74, 6) is 0.711. The van der Waals surface area contributed by atoms with Gasteiger partial charge in [-0.15, -0.1) is 5.10 Å². The maximum absolute atomic E-state index is 6.84. The van der Waals surface area contributed by atoms with Crippen molar-refractivity contribution < 1.29 is 18.9 Å². The molecule has 2 aliphatic rings. The molecule has 0 N–H and O–H groups in total. The average molecular weight is 654 g/mol. The van der Waals surface area contributed by atoms with Crippen LogP contribution in [0.4, 0.5) is 5.82 Å². The summed E-state index contributed by atoms with van der Waals surface area (Å²) >= 11 is 6.58. The average Bonchev–Trinajstić information content (AvgIpc) is 3.87. The Kier molecular flexibility index (Phi) is 10.1. The van der Waals surface area contributed by atoms with E-state index in [-0.39, 0.29) is 5.28 Å². The Labute approximate surface area is 280 Å². The molecule has 3 heterocycles. The molecule has 4 atom stereocenters. The lowest BCUT2D eigenvalue weighted by molar-refractivity contribution is -0.0898. The van der Waals surface area contributed by atoms with Gasteiger partial charge < -0.3 is 23.8 Å². The van der Waals surface area contributed by atoms with E-state index in [2.05, 4.69) is 58.4 Å². The van der Waals surface area contributed by atoms with E-state index in [1.807, 2.05) is 54.6 Å². The summed E-state index contributed by atoms with van der Waals surface area (Å²) in [4.78, 5) is 11.6. The van der Waals surface area contributed by atoms with E-state index >= 15 is 0 Å². The van der Waals surface area contributed by atoms with Crippen LogP contribution in [0.5, 0.6) is 0 Å². The monoisotopic (exact) mass is 653 g/mol. The molecule has 2 fully saturated rings. The second-order valence-electron chi connectivity index (χ2n) is 12.3. The van der Waals surface area contributed by atoms with E-state index in [4.69, 9.17) is 35.5 Å². The Balaban J connectivity index is 1.22. The number of fused-ring (bicyclic) bond motifs is 1. The summed E-state index contributed by atoms with van der Waals surface area (Å²) in [6.45, 7) is 1.57. The van der Waals surface area contributed by atoms with E-state index in [0.29, 0.717) is 43.9 Å². The Morgan fingerprint density at radius 2 is 1.38 bits per heavy atom. The van der Waals surface area contributed by atoms with Crippen molar-refractivity contribution in [2.45, 2.75) is 76.0 Å². The Morgan fingerprint density at radius 3 is 2.00 bits per heavy atom. The van der Waals surface area contributed by atoms with Crippen LogP contribution >= 0.6 is 11.6 Å². The maximum atomic E-state index is 6.84. The van der Waals surface area contributed by atoms with E-state index < -0.39 is 24.4 Å². The summed E-state index contributed by atoms with van der Waals surface area (Å²) in [5, 5.41) is 4.77. The third-order valence-electron chi connectivity index (χ3n) is 9.12. The van der Waals surface area contributed by atoms with Crippen LogP contribution in [0.25, 0.3) is 5.65 Å². The lowest BCUT2D eigenvalue weighted by atomic mass is 10.0. The number of imidazole rings is 1. The first kappa shape index (κ1) is 31.7. The number of nitrogens with zero attached hydrogens (tertiary/aromatic N) is 5. The third kappa shape index (κ3) is 7.35. The number of hydrogen-bond donors (Lipinski definition) is 0. The number of hydrogen-bond acceptors (Lipinski definition) is 8. The van der Waals surface area contributed by atoms with Crippen molar-refractivity contribution in [2.75, 3.05) is 18.6 Å². The van der Waals surface area contributed by atoms with Gasteiger partial charge in [-0.1, -0.05) is 104 Å². The first-order valence-corrected chi connectivity index (χ1v) is 16.7. The summed E-state index contributed by atoms with van der Waals surface area (Å²) in [7, 11) is 2.06. The van der Waals surface area contributed by atoms with E-state index in [1.54, 1.807) is 10.7 Å².